The minimum Gasteiger partial charge on any atom is -0.368 e. The number of amides is 1. The average molecular weight is 440 g/mol. The van der Waals surface area contributed by atoms with Gasteiger partial charge in [-0.2, -0.15) is 0 Å². The fraction of sp³-hybridized carbons (Fsp3) is 0.654. The molecule has 3 fully saturated rings. The van der Waals surface area contributed by atoms with E-state index in [0.717, 1.165) is 45.1 Å². The molecule has 2 aromatic rings. The number of carbonyl (C=O) groups excluding carboxylic acids is 1. The van der Waals surface area contributed by atoms with Gasteiger partial charge < -0.3 is 10.2 Å². The molecule has 2 saturated carbocycles. The van der Waals surface area contributed by atoms with E-state index in [2.05, 4.69) is 52.5 Å². The zero-order valence-electron chi connectivity index (χ0n) is 19.1. The maximum absolute atomic E-state index is 12.7. The molecule has 1 saturated heterocycles. The molecule has 2 aliphatic carbocycles. The van der Waals surface area contributed by atoms with Crippen molar-refractivity contribution in [1.82, 2.24) is 10.2 Å². The first kappa shape index (κ1) is 21.3. The lowest BCUT2D eigenvalue weighted by molar-refractivity contribution is -0.123. The Kier molecular flexibility index (Phi) is 6.25. The summed E-state index contributed by atoms with van der Waals surface area (Å²) < 4.78 is 1.40. The second-order valence-electron chi connectivity index (χ2n) is 10.1. The number of carbonyl (C=O) groups is 1. The quantitative estimate of drug-likeness (QED) is 0.684. The minimum absolute atomic E-state index is 0.269. The lowest BCUT2D eigenvalue weighted by Crippen LogP contribution is -2.47. The zero-order chi connectivity index (χ0) is 21.4. The molecule has 3 aliphatic rings. The summed E-state index contributed by atoms with van der Waals surface area (Å²) in [5.41, 5.74) is 2.74. The molecule has 5 rings (SSSR count). The predicted octanol–water partition coefficient (Wildman–Crippen LogP) is 5.05. The third kappa shape index (κ3) is 4.78. The lowest BCUT2D eigenvalue weighted by Gasteiger charge is -2.36. The van der Waals surface area contributed by atoms with Crippen LogP contribution in [0, 0.1) is 24.7 Å². The molecule has 1 aromatic heterocycles. The van der Waals surface area contributed by atoms with Gasteiger partial charge in [-0.25, -0.2) is 0 Å². The standard InChI is InChI=1S/C26H37N3OS/c1-3-19-5-7-21(8-6-19)27-26(30)23-15-20(23)16-28-10-12-29(13-11-28)24-17-31-25-14-18(2)4-9-22(24)25/h4,9,14,17,19-21,23H,3,5-8,10-13,15-16H2,1-2H3,(H,27,30)/t19?,20?,21?,23-/m0/s1. The number of aryl methyl sites for hydroxylation is 1. The summed E-state index contributed by atoms with van der Waals surface area (Å²) in [5, 5.41) is 7.10. The molecule has 1 aliphatic heterocycles. The number of fused-ring (bicyclic) bond motifs is 1. The van der Waals surface area contributed by atoms with Crippen molar-refractivity contribution in [2.45, 2.75) is 58.4 Å². The maximum atomic E-state index is 12.7. The SMILES string of the molecule is CCC1CCC(NC(=O)[C@H]2CC2CN2CCN(c3csc4cc(C)ccc34)CC2)CC1. The molecule has 4 nitrogen and oxygen atoms in total. The highest BCUT2D eigenvalue weighted by atomic mass is 32.1. The van der Waals surface area contributed by atoms with Crippen molar-refractivity contribution in [3.63, 3.8) is 0 Å². The van der Waals surface area contributed by atoms with E-state index in [-0.39, 0.29) is 5.92 Å². The Morgan fingerprint density at radius 3 is 2.65 bits per heavy atom. The summed E-state index contributed by atoms with van der Waals surface area (Å²) in [6.45, 7) is 9.94. The summed E-state index contributed by atoms with van der Waals surface area (Å²) in [6.07, 6.45) is 7.32. The van der Waals surface area contributed by atoms with Crippen LogP contribution in [0.2, 0.25) is 0 Å². The van der Waals surface area contributed by atoms with Gasteiger partial charge in [0.2, 0.25) is 5.91 Å². The summed E-state index contributed by atoms with van der Waals surface area (Å²) in [4.78, 5) is 17.8. The van der Waals surface area contributed by atoms with Gasteiger partial charge in [0.25, 0.3) is 0 Å². The second-order valence-corrected chi connectivity index (χ2v) is 11.1. The molecule has 2 atom stereocenters. The van der Waals surface area contributed by atoms with E-state index in [1.165, 1.54) is 53.4 Å². The van der Waals surface area contributed by atoms with E-state index < -0.39 is 0 Å². The van der Waals surface area contributed by atoms with Crippen LogP contribution in [0.25, 0.3) is 10.1 Å². The van der Waals surface area contributed by atoms with Crippen LogP contribution in [-0.2, 0) is 4.79 Å². The van der Waals surface area contributed by atoms with Crippen molar-refractivity contribution in [2.24, 2.45) is 17.8 Å². The van der Waals surface area contributed by atoms with Gasteiger partial charge in [0, 0.05) is 60.1 Å². The van der Waals surface area contributed by atoms with Gasteiger partial charge in [0.05, 0.1) is 5.69 Å². The molecular weight excluding hydrogens is 402 g/mol. The van der Waals surface area contributed by atoms with Crippen molar-refractivity contribution in [3.8, 4) is 0 Å². The van der Waals surface area contributed by atoms with Crippen LogP contribution in [0.4, 0.5) is 5.69 Å². The molecule has 168 valence electrons. The Bertz CT molecular complexity index is 909. The summed E-state index contributed by atoms with van der Waals surface area (Å²) in [5.74, 6) is 2.06. The summed E-state index contributed by atoms with van der Waals surface area (Å²) in [6, 6.07) is 7.24. The first-order valence-electron chi connectivity index (χ1n) is 12.4. The molecular formula is C26H37N3OS. The number of rotatable bonds is 6. The number of nitrogens with zero attached hydrogens (tertiary/aromatic N) is 2. The van der Waals surface area contributed by atoms with E-state index in [1.54, 1.807) is 0 Å². The van der Waals surface area contributed by atoms with Crippen molar-refractivity contribution in [1.29, 1.82) is 0 Å². The van der Waals surface area contributed by atoms with Gasteiger partial charge in [-0.3, -0.25) is 9.69 Å². The molecule has 0 spiro atoms. The van der Waals surface area contributed by atoms with E-state index in [4.69, 9.17) is 0 Å². The number of hydrogen-bond donors (Lipinski definition) is 1. The van der Waals surface area contributed by atoms with Crippen molar-refractivity contribution in [2.75, 3.05) is 37.6 Å². The average Bonchev–Trinajstić information content (AvgIpc) is 3.43. The van der Waals surface area contributed by atoms with Crippen molar-refractivity contribution >= 4 is 33.0 Å². The Balaban J connectivity index is 1.07. The van der Waals surface area contributed by atoms with Gasteiger partial charge in [0.15, 0.2) is 0 Å². The second kappa shape index (κ2) is 9.11. The highest BCUT2D eigenvalue weighted by Gasteiger charge is 2.44. The van der Waals surface area contributed by atoms with E-state index in [9.17, 15) is 4.79 Å². The number of piperazine rings is 1. The Labute approximate surface area is 191 Å². The molecule has 0 bridgehead atoms. The van der Waals surface area contributed by atoms with E-state index in [0.29, 0.717) is 17.9 Å². The molecule has 2 heterocycles. The number of anilines is 1. The number of nitrogens with one attached hydrogen (secondary N) is 1. The number of thiophene rings is 1. The molecule has 1 N–H and O–H groups in total. The fourth-order valence-electron chi connectivity index (χ4n) is 5.66. The highest BCUT2D eigenvalue weighted by molar-refractivity contribution is 7.17. The van der Waals surface area contributed by atoms with Crippen LogP contribution in [0.15, 0.2) is 23.6 Å². The van der Waals surface area contributed by atoms with Crippen molar-refractivity contribution in [3.05, 3.63) is 29.1 Å². The predicted molar refractivity (Wildman–Crippen MR) is 131 cm³/mol. The molecule has 0 radical (unpaired) electrons. The molecule has 1 aromatic carbocycles. The Morgan fingerprint density at radius 2 is 1.90 bits per heavy atom. The smallest absolute Gasteiger partial charge is 0.223 e. The first-order chi connectivity index (χ1) is 15.1. The fourth-order valence-corrected chi connectivity index (χ4v) is 6.73. The largest absolute Gasteiger partial charge is 0.368 e. The number of hydrogen-bond acceptors (Lipinski definition) is 4. The van der Waals surface area contributed by atoms with E-state index >= 15 is 0 Å². The van der Waals surface area contributed by atoms with Crippen LogP contribution in [-0.4, -0.2) is 49.6 Å². The van der Waals surface area contributed by atoms with E-state index in [1.807, 2.05) is 11.3 Å². The van der Waals surface area contributed by atoms with Gasteiger partial charge >= 0.3 is 0 Å². The molecule has 1 unspecified atom stereocenters. The number of benzene rings is 1. The van der Waals surface area contributed by atoms with Crippen LogP contribution in [0.3, 0.4) is 0 Å². The van der Waals surface area contributed by atoms with Gasteiger partial charge in [0.1, 0.15) is 0 Å². The third-order valence-electron chi connectivity index (χ3n) is 7.95. The molecule has 5 heteroatoms. The van der Waals surface area contributed by atoms with Crippen molar-refractivity contribution < 1.29 is 4.79 Å². The monoisotopic (exact) mass is 439 g/mol. The van der Waals surface area contributed by atoms with Gasteiger partial charge in [-0.1, -0.05) is 25.5 Å². The lowest BCUT2D eigenvalue weighted by atomic mass is 9.84. The first-order valence-corrected chi connectivity index (χ1v) is 13.2. The maximum Gasteiger partial charge on any atom is 0.223 e. The summed E-state index contributed by atoms with van der Waals surface area (Å²) >= 11 is 1.86. The third-order valence-corrected chi connectivity index (χ3v) is 8.88. The topological polar surface area (TPSA) is 35.6 Å². The van der Waals surface area contributed by atoms with Crippen LogP contribution >= 0.6 is 11.3 Å². The Morgan fingerprint density at radius 1 is 1.13 bits per heavy atom. The molecule has 31 heavy (non-hydrogen) atoms. The van der Waals surface area contributed by atoms with Crippen LogP contribution in [0.1, 0.15) is 51.0 Å². The van der Waals surface area contributed by atoms with Crippen LogP contribution in [0.5, 0.6) is 0 Å². The minimum atomic E-state index is 0.269. The highest BCUT2D eigenvalue weighted by Crippen LogP contribution is 2.40. The van der Waals surface area contributed by atoms with Gasteiger partial charge in [-0.05, 0) is 62.5 Å². The zero-order valence-corrected chi connectivity index (χ0v) is 19.9. The van der Waals surface area contributed by atoms with Crippen LogP contribution < -0.4 is 10.2 Å². The van der Waals surface area contributed by atoms with Gasteiger partial charge in [-0.15, -0.1) is 11.3 Å². The normalized spacial score (nSPS) is 29.3. The molecule has 1 amide bonds. The Hall–Kier alpha value is -1.59. The summed E-state index contributed by atoms with van der Waals surface area (Å²) in [7, 11) is 0.